The largest absolute Gasteiger partial charge is 0.319 e. The molecule has 0 fully saturated rings. The van der Waals surface area contributed by atoms with Crippen LogP contribution in [0.1, 0.15) is 10.4 Å². The summed E-state index contributed by atoms with van der Waals surface area (Å²) >= 11 is 9.15. The highest BCUT2D eigenvalue weighted by molar-refractivity contribution is 7.16. The van der Waals surface area contributed by atoms with Crippen molar-refractivity contribution in [3.63, 3.8) is 0 Å². The molecule has 21 heavy (non-hydrogen) atoms. The van der Waals surface area contributed by atoms with Gasteiger partial charge in [-0.05, 0) is 36.1 Å². The summed E-state index contributed by atoms with van der Waals surface area (Å²) in [5.41, 5.74) is 2.16. The van der Waals surface area contributed by atoms with Crippen molar-refractivity contribution in [2.45, 2.75) is 13.3 Å². The number of thiazole rings is 1. The first-order valence-corrected chi connectivity index (χ1v) is 8.47. The van der Waals surface area contributed by atoms with E-state index in [0.29, 0.717) is 16.2 Å². The Labute approximate surface area is 135 Å². The van der Waals surface area contributed by atoms with Gasteiger partial charge in [0.2, 0.25) is 0 Å². The summed E-state index contributed by atoms with van der Waals surface area (Å²) in [5, 5.41) is 2.67. The van der Waals surface area contributed by atoms with Gasteiger partial charge in [-0.1, -0.05) is 29.0 Å². The predicted molar refractivity (Wildman–Crippen MR) is 89.1 cm³/mol. The zero-order valence-electron chi connectivity index (χ0n) is 11.6. The van der Waals surface area contributed by atoms with Crippen LogP contribution >= 0.6 is 34.3 Å². The number of hydrogen-bond acceptors (Lipinski definition) is 3. The molecule has 0 saturated heterocycles. The van der Waals surface area contributed by atoms with Crippen LogP contribution in [0, 0.1) is 6.92 Å². The zero-order chi connectivity index (χ0) is 15.0. The lowest BCUT2D eigenvalue weighted by atomic mass is 10.2. The number of thiophene rings is 1. The summed E-state index contributed by atoms with van der Waals surface area (Å²) in [6, 6.07) is 7.73. The third kappa shape index (κ3) is 2.95. The molecule has 0 atom stereocenters. The molecule has 3 nitrogen and oxygen atoms in total. The fourth-order valence-corrected chi connectivity index (χ4v) is 4.47. The molecule has 3 aromatic rings. The minimum atomic E-state index is -0.122. The summed E-state index contributed by atoms with van der Waals surface area (Å²) < 4.78 is 3.00. The third-order valence-electron chi connectivity index (χ3n) is 3.18. The van der Waals surface area contributed by atoms with Crippen LogP contribution in [0.4, 0.5) is 0 Å². The summed E-state index contributed by atoms with van der Waals surface area (Å²) in [5.74, 6) is -0.122. The maximum Gasteiger partial charge on any atom is 0.253 e. The number of hydrogen-bond donors (Lipinski definition) is 0. The number of nitrogens with zero attached hydrogens (tertiary/aromatic N) is 2. The Morgan fingerprint density at radius 3 is 2.95 bits per heavy atom. The van der Waals surface area contributed by atoms with Gasteiger partial charge in [-0.15, -0.1) is 11.3 Å². The Bertz CT molecular complexity index is 875. The van der Waals surface area contributed by atoms with Crippen LogP contribution in [0.15, 0.2) is 34.6 Å². The molecule has 0 radical (unpaired) electrons. The van der Waals surface area contributed by atoms with Crippen LogP contribution in [-0.2, 0) is 18.3 Å². The fraction of sp³-hybridized carbons (Fsp3) is 0.200. The SMILES string of the molecule is Cc1cc(Cl)cc2sc(=NC(=O)Cc3cccs3)n(C)c12. The van der Waals surface area contributed by atoms with Crippen molar-refractivity contribution in [1.29, 1.82) is 0 Å². The number of fused-ring (bicyclic) bond motifs is 1. The number of aryl methyl sites for hydroxylation is 2. The van der Waals surface area contributed by atoms with Crippen LogP contribution in [0.5, 0.6) is 0 Å². The van der Waals surface area contributed by atoms with E-state index < -0.39 is 0 Å². The minimum Gasteiger partial charge on any atom is -0.319 e. The van der Waals surface area contributed by atoms with E-state index in [9.17, 15) is 4.79 Å². The van der Waals surface area contributed by atoms with Crippen LogP contribution in [0.2, 0.25) is 5.02 Å². The van der Waals surface area contributed by atoms with Crippen molar-refractivity contribution in [2.75, 3.05) is 0 Å². The number of carbonyl (C=O) groups is 1. The molecule has 1 aromatic carbocycles. The second kappa shape index (κ2) is 5.75. The molecular formula is C15H13ClN2OS2. The average molecular weight is 337 g/mol. The summed E-state index contributed by atoms with van der Waals surface area (Å²) in [4.78, 5) is 18.1. The number of amides is 1. The quantitative estimate of drug-likeness (QED) is 0.698. The lowest BCUT2D eigenvalue weighted by Gasteiger charge is -2.00. The minimum absolute atomic E-state index is 0.122. The topological polar surface area (TPSA) is 34.4 Å². The molecule has 108 valence electrons. The second-order valence-corrected chi connectivity index (χ2v) is 7.25. The molecule has 0 N–H and O–H groups in total. The number of aromatic nitrogens is 1. The van der Waals surface area contributed by atoms with Crippen molar-refractivity contribution in [3.05, 3.63) is 49.9 Å². The monoisotopic (exact) mass is 336 g/mol. The van der Waals surface area contributed by atoms with E-state index in [1.807, 2.05) is 48.2 Å². The lowest BCUT2D eigenvalue weighted by molar-refractivity contribution is -0.117. The van der Waals surface area contributed by atoms with Crippen LogP contribution in [0.25, 0.3) is 10.2 Å². The summed E-state index contributed by atoms with van der Waals surface area (Å²) in [6.07, 6.45) is 0.353. The Hall–Kier alpha value is -1.43. The number of halogens is 1. The van der Waals surface area contributed by atoms with Gasteiger partial charge >= 0.3 is 0 Å². The maximum absolute atomic E-state index is 12.1. The van der Waals surface area contributed by atoms with E-state index in [-0.39, 0.29) is 5.91 Å². The number of rotatable bonds is 2. The van der Waals surface area contributed by atoms with Gasteiger partial charge in [-0.3, -0.25) is 4.79 Å². The standard InChI is InChI=1S/C15H13ClN2OS2/c1-9-6-10(16)7-12-14(9)18(2)15(21-12)17-13(19)8-11-4-3-5-20-11/h3-7H,8H2,1-2H3. The van der Waals surface area contributed by atoms with E-state index in [2.05, 4.69) is 4.99 Å². The normalized spacial score (nSPS) is 12.2. The average Bonchev–Trinajstić information content (AvgIpc) is 2.98. The van der Waals surface area contributed by atoms with E-state index in [4.69, 9.17) is 11.6 Å². The maximum atomic E-state index is 12.1. The molecular weight excluding hydrogens is 324 g/mol. The van der Waals surface area contributed by atoms with Gasteiger partial charge in [0, 0.05) is 16.9 Å². The Morgan fingerprint density at radius 2 is 2.24 bits per heavy atom. The van der Waals surface area contributed by atoms with E-state index >= 15 is 0 Å². The Balaban J connectivity index is 2.04. The Morgan fingerprint density at radius 1 is 1.43 bits per heavy atom. The van der Waals surface area contributed by atoms with Crippen molar-refractivity contribution in [2.24, 2.45) is 12.0 Å². The Kier molecular flexibility index (Phi) is 3.97. The molecule has 6 heteroatoms. The molecule has 0 spiro atoms. The molecule has 0 saturated carbocycles. The fourth-order valence-electron chi connectivity index (χ4n) is 2.28. The van der Waals surface area contributed by atoms with Crippen LogP contribution in [0.3, 0.4) is 0 Å². The van der Waals surface area contributed by atoms with Gasteiger partial charge in [0.1, 0.15) is 0 Å². The summed E-state index contributed by atoms with van der Waals surface area (Å²) in [6.45, 7) is 2.01. The smallest absolute Gasteiger partial charge is 0.253 e. The molecule has 2 heterocycles. The second-order valence-electron chi connectivity index (χ2n) is 4.77. The van der Waals surface area contributed by atoms with Gasteiger partial charge in [-0.2, -0.15) is 4.99 Å². The van der Waals surface area contributed by atoms with Crippen molar-refractivity contribution >= 4 is 50.4 Å². The van der Waals surface area contributed by atoms with E-state index in [1.165, 1.54) is 11.3 Å². The number of benzene rings is 1. The van der Waals surface area contributed by atoms with Crippen molar-refractivity contribution in [1.82, 2.24) is 4.57 Å². The molecule has 3 rings (SSSR count). The van der Waals surface area contributed by atoms with Crippen LogP contribution in [-0.4, -0.2) is 10.5 Å². The molecule has 0 unspecified atom stereocenters. The van der Waals surface area contributed by atoms with E-state index in [1.54, 1.807) is 11.3 Å². The molecule has 0 aliphatic carbocycles. The highest BCUT2D eigenvalue weighted by Crippen LogP contribution is 2.25. The van der Waals surface area contributed by atoms with Gasteiger partial charge in [0.15, 0.2) is 4.80 Å². The lowest BCUT2D eigenvalue weighted by Crippen LogP contribution is -2.14. The summed E-state index contributed by atoms with van der Waals surface area (Å²) in [7, 11) is 1.93. The molecule has 2 aromatic heterocycles. The third-order valence-corrected chi connectivity index (χ3v) is 5.35. The van der Waals surface area contributed by atoms with Gasteiger partial charge in [0.25, 0.3) is 5.91 Å². The first kappa shape index (κ1) is 14.5. The van der Waals surface area contributed by atoms with Crippen molar-refractivity contribution < 1.29 is 4.79 Å². The first-order chi connectivity index (χ1) is 10.0. The van der Waals surface area contributed by atoms with Gasteiger partial charge in [-0.25, -0.2) is 0 Å². The predicted octanol–water partition coefficient (Wildman–Crippen LogP) is 3.93. The number of carbonyl (C=O) groups excluding carboxylic acids is 1. The zero-order valence-corrected chi connectivity index (χ0v) is 14.0. The van der Waals surface area contributed by atoms with Crippen LogP contribution < -0.4 is 4.80 Å². The highest BCUT2D eigenvalue weighted by Gasteiger charge is 2.09. The first-order valence-electron chi connectivity index (χ1n) is 6.40. The highest BCUT2D eigenvalue weighted by atomic mass is 35.5. The molecule has 0 aliphatic rings. The molecule has 0 aliphatic heterocycles. The van der Waals surface area contributed by atoms with E-state index in [0.717, 1.165) is 20.7 Å². The molecule has 0 bridgehead atoms. The molecule has 1 amide bonds. The van der Waals surface area contributed by atoms with Gasteiger partial charge in [0.05, 0.1) is 16.6 Å². The van der Waals surface area contributed by atoms with Crippen molar-refractivity contribution in [3.8, 4) is 0 Å². The van der Waals surface area contributed by atoms with Gasteiger partial charge < -0.3 is 4.57 Å².